The summed E-state index contributed by atoms with van der Waals surface area (Å²) < 4.78 is 5.56. The fraction of sp³-hybridized carbons (Fsp3) is 0.500. The van der Waals surface area contributed by atoms with Crippen molar-refractivity contribution in [3.63, 3.8) is 0 Å². The maximum atomic E-state index is 12.0. The average molecular weight is 264 g/mol. The maximum absolute atomic E-state index is 12.0. The first-order valence-corrected chi connectivity index (χ1v) is 6.49. The third-order valence-electron chi connectivity index (χ3n) is 3.14. The van der Waals surface area contributed by atoms with Gasteiger partial charge in [-0.15, -0.1) is 0 Å². The smallest absolute Gasteiger partial charge is 0.317 e. The van der Waals surface area contributed by atoms with Crippen LogP contribution in [0.15, 0.2) is 24.3 Å². The highest BCUT2D eigenvalue weighted by Crippen LogP contribution is 2.31. The third-order valence-corrected chi connectivity index (χ3v) is 3.14. The van der Waals surface area contributed by atoms with Crippen molar-refractivity contribution in [3.05, 3.63) is 29.8 Å². The van der Waals surface area contributed by atoms with Crippen molar-refractivity contribution in [3.8, 4) is 5.75 Å². The lowest BCUT2D eigenvalue weighted by molar-refractivity contribution is 0.140. The number of rotatable bonds is 3. The van der Waals surface area contributed by atoms with Crippen molar-refractivity contribution < 1.29 is 14.6 Å². The molecule has 1 aliphatic heterocycles. The number of fused-ring (bicyclic) bond motifs is 1. The van der Waals surface area contributed by atoms with E-state index in [0.717, 1.165) is 17.7 Å². The van der Waals surface area contributed by atoms with Gasteiger partial charge in [-0.25, -0.2) is 4.79 Å². The molecule has 0 saturated carbocycles. The Morgan fingerprint density at radius 3 is 3.05 bits per heavy atom. The Labute approximate surface area is 113 Å². The molecule has 0 bridgehead atoms. The summed E-state index contributed by atoms with van der Waals surface area (Å²) >= 11 is 0. The lowest BCUT2D eigenvalue weighted by Crippen LogP contribution is -2.43. The summed E-state index contributed by atoms with van der Waals surface area (Å²) in [4.78, 5) is 13.5. The summed E-state index contributed by atoms with van der Waals surface area (Å²) in [5.41, 5.74) is 1.01. The second-order valence-corrected chi connectivity index (χ2v) is 4.91. The Hall–Kier alpha value is -1.75. The van der Waals surface area contributed by atoms with Crippen LogP contribution in [0.3, 0.4) is 0 Å². The molecule has 0 radical (unpaired) electrons. The molecule has 1 aromatic carbocycles. The summed E-state index contributed by atoms with van der Waals surface area (Å²) in [7, 11) is 1.67. The number of hydrogen-bond donors (Lipinski definition) is 2. The second-order valence-electron chi connectivity index (χ2n) is 4.91. The minimum atomic E-state index is -0.530. The Morgan fingerprint density at radius 1 is 1.58 bits per heavy atom. The van der Waals surface area contributed by atoms with E-state index in [9.17, 15) is 9.90 Å². The number of nitrogens with one attached hydrogen (secondary N) is 1. The second kappa shape index (κ2) is 5.93. The van der Waals surface area contributed by atoms with Gasteiger partial charge in [0.05, 0.1) is 18.8 Å². The molecule has 1 aliphatic rings. The summed E-state index contributed by atoms with van der Waals surface area (Å²) in [6.45, 7) is 2.58. The summed E-state index contributed by atoms with van der Waals surface area (Å²) in [6, 6.07) is 7.52. The maximum Gasteiger partial charge on any atom is 0.317 e. The predicted molar refractivity (Wildman–Crippen MR) is 72.1 cm³/mol. The minimum Gasteiger partial charge on any atom is -0.493 e. The van der Waals surface area contributed by atoms with Gasteiger partial charge in [0.25, 0.3) is 0 Å². The number of aliphatic hydroxyl groups is 1. The fourth-order valence-electron chi connectivity index (χ4n) is 2.23. The normalized spacial score (nSPS) is 19.0. The van der Waals surface area contributed by atoms with Crippen LogP contribution in [-0.2, 0) is 0 Å². The molecule has 0 fully saturated rings. The lowest BCUT2D eigenvalue weighted by Gasteiger charge is -2.29. The van der Waals surface area contributed by atoms with Gasteiger partial charge in [-0.1, -0.05) is 18.2 Å². The quantitative estimate of drug-likeness (QED) is 0.870. The third kappa shape index (κ3) is 3.38. The van der Waals surface area contributed by atoms with Crippen LogP contribution in [0.1, 0.15) is 24.9 Å². The highest BCUT2D eigenvalue weighted by molar-refractivity contribution is 5.74. The number of carbonyl (C=O) groups is 1. The van der Waals surface area contributed by atoms with Gasteiger partial charge in [0.1, 0.15) is 5.75 Å². The van der Waals surface area contributed by atoms with Gasteiger partial charge in [-0.2, -0.15) is 0 Å². The molecule has 2 atom stereocenters. The summed E-state index contributed by atoms with van der Waals surface area (Å²) in [6.07, 6.45) is 0.225. The van der Waals surface area contributed by atoms with Crippen LogP contribution >= 0.6 is 0 Å². The van der Waals surface area contributed by atoms with Crippen LogP contribution in [0.25, 0.3) is 0 Å². The zero-order valence-corrected chi connectivity index (χ0v) is 11.3. The van der Waals surface area contributed by atoms with Gasteiger partial charge >= 0.3 is 6.03 Å². The van der Waals surface area contributed by atoms with Gasteiger partial charge in [-0.3, -0.25) is 0 Å². The molecule has 2 amide bonds. The number of urea groups is 1. The SMILES string of the molecule is CC(O)CN(C)C(=O)NC1CCOc2ccccc21. The van der Waals surface area contributed by atoms with Gasteiger partial charge in [-0.05, 0) is 13.0 Å². The largest absolute Gasteiger partial charge is 0.493 e. The molecule has 2 rings (SSSR count). The van der Waals surface area contributed by atoms with E-state index in [1.807, 2.05) is 24.3 Å². The summed E-state index contributed by atoms with van der Waals surface area (Å²) in [5, 5.41) is 12.3. The highest BCUT2D eigenvalue weighted by atomic mass is 16.5. The van der Waals surface area contributed by atoms with Gasteiger partial charge in [0, 0.05) is 25.6 Å². The van der Waals surface area contributed by atoms with Gasteiger partial charge < -0.3 is 20.1 Å². The average Bonchev–Trinajstić information content (AvgIpc) is 2.38. The zero-order chi connectivity index (χ0) is 13.8. The van der Waals surface area contributed by atoms with Crippen molar-refractivity contribution in [1.82, 2.24) is 10.2 Å². The van der Waals surface area contributed by atoms with Crippen LogP contribution in [0, 0.1) is 0 Å². The predicted octanol–water partition coefficient (Wildman–Crippen LogP) is 1.53. The van der Waals surface area contributed by atoms with E-state index in [0.29, 0.717) is 13.2 Å². The van der Waals surface area contributed by atoms with Crippen LogP contribution in [0.2, 0.25) is 0 Å². The molecular weight excluding hydrogens is 244 g/mol. The van der Waals surface area contributed by atoms with E-state index >= 15 is 0 Å². The number of ether oxygens (including phenoxy) is 1. The van der Waals surface area contributed by atoms with E-state index in [1.165, 1.54) is 4.90 Å². The van der Waals surface area contributed by atoms with Crippen molar-refractivity contribution in [2.45, 2.75) is 25.5 Å². The Kier molecular flexibility index (Phi) is 4.27. The number of carbonyl (C=O) groups excluding carboxylic acids is 1. The van der Waals surface area contributed by atoms with Crippen LogP contribution in [-0.4, -0.2) is 42.3 Å². The molecule has 2 unspecified atom stereocenters. The number of likely N-dealkylation sites (N-methyl/N-ethyl adjacent to an activating group) is 1. The molecule has 5 heteroatoms. The Morgan fingerprint density at radius 2 is 2.32 bits per heavy atom. The van der Waals surface area contributed by atoms with Crippen molar-refractivity contribution >= 4 is 6.03 Å². The van der Waals surface area contributed by atoms with E-state index < -0.39 is 6.10 Å². The first-order valence-electron chi connectivity index (χ1n) is 6.49. The monoisotopic (exact) mass is 264 g/mol. The van der Waals surface area contributed by atoms with Gasteiger partial charge in [0.2, 0.25) is 0 Å². The fourth-order valence-corrected chi connectivity index (χ4v) is 2.23. The molecule has 0 aromatic heterocycles. The molecule has 5 nitrogen and oxygen atoms in total. The number of nitrogens with zero attached hydrogens (tertiary/aromatic N) is 1. The molecule has 104 valence electrons. The lowest BCUT2D eigenvalue weighted by atomic mass is 10.0. The molecule has 2 N–H and O–H groups in total. The van der Waals surface area contributed by atoms with E-state index in [1.54, 1.807) is 14.0 Å². The molecule has 19 heavy (non-hydrogen) atoms. The van der Waals surface area contributed by atoms with E-state index in [-0.39, 0.29) is 12.1 Å². The molecule has 1 aromatic rings. The molecule has 1 heterocycles. The zero-order valence-electron chi connectivity index (χ0n) is 11.3. The summed E-state index contributed by atoms with van der Waals surface area (Å²) in [5.74, 6) is 0.831. The van der Waals surface area contributed by atoms with Gasteiger partial charge in [0.15, 0.2) is 0 Å². The number of hydrogen-bond acceptors (Lipinski definition) is 3. The molecular formula is C14H20N2O3. The molecule has 0 saturated heterocycles. The standard InChI is InChI=1S/C14H20N2O3/c1-10(17)9-16(2)14(18)15-12-7-8-19-13-6-4-3-5-11(12)13/h3-6,10,12,17H,7-9H2,1-2H3,(H,15,18). The topological polar surface area (TPSA) is 61.8 Å². The number of aliphatic hydroxyl groups excluding tert-OH is 1. The minimum absolute atomic E-state index is 0.0334. The van der Waals surface area contributed by atoms with Crippen molar-refractivity contribution in [2.75, 3.05) is 20.2 Å². The Balaban J connectivity index is 2.02. The van der Waals surface area contributed by atoms with Crippen LogP contribution in [0.5, 0.6) is 5.75 Å². The Bertz CT molecular complexity index is 448. The van der Waals surface area contributed by atoms with Crippen LogP contribution in [0.4, 0.5) is 4.79 Å². The first kappa shape index (κ1) is 13.7. The van der Waals surface area contributed by atoms with E-state index in [2.05, 4.69) is 5.32 Å². The van der Waals surface area contributed by atoms with Crippen LogP contribution < -0.4 is 10.1 Å². The van der Waals surface area contributed by atoms with E-state index in [4.69, 9.17) is 4.74 Å². The molecule has 0 spiro atoms. The highest BCUT2D eigenvalue weighted by Gasteiger charge is 2.23. The van der Waals surface area contributed by atoms with Crippen molar-refractivity contribution in [2.24, 2.45) is 0 Å². The number of para-hydroxylation sites is 1. The van der Waals surface area contributed by atoms with Crippen molar-refractivity contribution in [1.29, 1.82) is 0 Å². The number of amides is 2. The first-order chi connectivity index (χ1) is 9.08. The molecule has 0 aliphatic carbocycles. The number of benzene rings is 1.